The third-order valence-electron chi connectivity index (χ3n) is 4.90. The van der Waals surface area contributed by atoms with Crippen LogP contribution in [0.25, 0.3) is 33.7 Å². The first-order valence-corrected chi connectivity index (χ1v) is 9.47. The van der Waals surface area contributed by atoms with Crippen LogP contribution in [-0.4, -0.2) is 20.2 Å². The largest absolute Gasteiger partial charge is 0.356 e. The lowest BCUT2D eigenvalue weighted by molar-refractivity contribution is 1.04. The second kappa shape index (κ2) is 7.20. The van der Waals surface area contributed by atoms with E-state index in [0.29, 0.717) is 0 Å². The lowest BCUT2D eigenvalue weighted by atomic mass is 10.1. The molecule has 5 aromatic rings. The summed E-state index contributed by atoms with van der Waals surface area (Å²) in [6.07, 6.45) is 1.68. The fourth-order valence-corrected chi connectivity index (χ4v) is 3.40. The van der Waals surface area contributed by atoms with E-state index < -0.39 is 0 Å². The molecule has 0 saturated carbocycles. The molecule has 0 saturated heterocycles. The van der Waals surface area contributed by atoms with E-state index in [1.165, 1.54) is 5.56 Å². The maximum Gasteiger partial charge on any atom is 0.138 e. The van der Waals surface area contributed by atoms with Crippen molar-refractivity contribution in [1.82, 2.24) is 20.2 Å². The van der Waals surface area contributed by atoms with Crippen LogP contribution in [0.15, 0.2) is 85.1 Å². The summed E-state index contributed by atoms with van der Waals surface area (Å²) in [5.74, 6) is 0.871. The number of nitrogens with one attached hydrogen (secondary N) is 2. The van der Waals surface area contributed by atoms with Gasteiger partial charge in [-0.1, -0.05) is 36.4 Å². The number of aromatic amines is 1. The van der Waals surface area contributed by atoms with E-state index in [1.807, 2.05) is 60.7 Å². The molecule has 2 N–H and O–H groups in total. The zero-order chi connectivity index (χ0) is 19.6. The summed E-state index contributed by atoms with van der Waals surface area (Å²) in [5, 5.41) is 11.5. The van der Waals surface area contributed by atoms with Gasteiger partial charge in [-0.3, -0.25) is 0 Å². The molecule has 0 spiro atoms. The Labute approximate surface area is 168 Å². The fraction of sp³-hybridized carbons (Fsp3) is 0.0417. The Morgan fingerprint density at radius 1 is 0.793 bits per heavy atom. The number of aryl methyl sites for hydroxylation is 1. The molecule has 0 fully saturated rings. The van der Waals surface area contributed by atoms with Gasteiger partial charge < -0.3 is 10.3 Å². The average molecular weight is 377 g/mol. The fourth-order valence-electron chi connectivity index (χ4n) is 3.40. The number of hydrogen-bond acceptors (Lipinski definition) is 4. The molecule has 5 nitrogen and oxygen atoms in total. The number of anilines is 2. The highest BCUT2D eigenvalue weighted by Crippen LogP contribution is 2.27. The first kappa shape index (κ1) is 17.1. The van der Waals surface area contributed by atoms with Gasteiger partial charge in [-0.25, -0.2) is 4.98 Å². The van der Waals surface area contributed by atoms with Crippen molar-refractivity contribution in [2.45, 2.75) is 6.92 Å². The summed E-state index contributed by atoms with van der Waals surface area (Å²) in [6, 6.07) is 26.4. The third kappa shape index (κ3) is 3.46. The lowest BCUT2D eigenvalue weighted by Gasteiger charge is -2.08. The van der Waals surface area contributed by atoms with Crippen molar-refractivity contribution < 1.29 is 0 Å². The molecule has 0 atom stereocenters. The maximum absolute atomic E-state index is 4.74. The van der Waals surface area contributed by atoms with E-state index in [4.69, 9.17) is 4.98 Å². The summed E-state index contributed by atoms with van der Waals surface area (Å²) in [6.45, 7) is 2.09. The minimum absolute atomic E-state index is 0.862. The highest BCUT2D eigenvalue weighted by molar-refractivity contribution is 5.82. The number of H-pyrrole nitrogens is 1. The molecule has 0 bridgehead atoms. The molecule has 0 unspecified atom stereocenters. The van der Waals surface area contributed by atoms with Gasteiger partial charge >= 0.3 is 0 Å². The second-order valence-electron chi connectivity index (χ2n) is 6.95. The topological polar surface area (TPSA) is 66.5 Å². The smallest absolute Gasteiger partial charge is 0.138 e. The second-order valence-corrected chi connectivity index (χ2v) is 6.95. The minimum atomic E-state index is 0.862. The van der Waals surface area contributed by atoms with Gasteiger partial charge in [0.05, 0.1) is 16.7 Å². The van der Waals surface area contributed by atoms with Crippen molar-refractivity contribution in [3.8, 4) is 22.6 Å². The van der Waals surface area contributed by atoms with Crippen molar-refractivity contribution in [3.63, 3.8) is 0 Å². The summed E-state index contributed by atoms with van der Waals surface area (Å²) >= 11 is 0. The van der Waals surface area contributed by atoms with Crippen LogP contribution in [0.2, 0.25) is 0 Å². The normalized spacial score (nSPS) is 10.9. The van der Waals surface area contributed by atoms with E-state index in [-0.39, 0.29) is 0 Å². The quantitative estimate of drug-likeness (QED) is 0.419. The Balaban J connectivity index is 1.40. The van der Waals surface area contributed by atoms with E-state index in [2.05, 4.69) is 45.6 Å². The summed E-state index contributed by atoms with van der Waals surface area (Å²) < 4.78 is 0. The molecule has 29 heavy (non-hydrogen) atoms. The molecule has 5 heteroatoms. The summed E-state index contributed by atoms with van der Waals surface area (Å²) in [5.41, 5.74) is 8.22. The Morgan fingerprint density at radius 2 is 1.66 bits per heavy atom. The van der Waals surface area contributed by atoms with Crippen LogP contribution in [0.4, 0.5) is 11.4 Å². The van der Waals surface area contributed by atoms with Gasteiger partial charge in [0.2, 0.25) is 0 Å². The van der Waals surface area contributed by atoms with Gasteiger partial charge in [-0.05, 0) is 55.0 Å². The SMILES string of the molecule is Cc1cccc2nc(-c3cccc(Nc4ccc(-c5cccnn5)cc4)c3)[nH]c12. The van der Waals surface area contributed by atoms with Crippen LogP contribution in [0.5, 0.6) is 0 Å². The van der Waals surface area contributed by atoms with Gasteiger partial charge in [0.25, 0.3) is 0 Å². The Hall–Kier alpha value is -3.99. The van der Waals surface area contributed by atoms with Gasteiger partial charge in [0.1, 0.15) is 5.82 Å². The molecule has 2 heterocycles. The van der Waals surface area contributed by atoms with Gasteiger partial charge in [0.15, 0.2) is 0 Å². The number of imidazole rings is 1. The molecular weight excluding hydrogens is 358 g/mol. The third-order valence-corrected chi connectivity index (χ3v) is 4.90. The number of fused-ring (bicyclic) bond motifs is 1. The molecule has 0 radical (unpaired) electrons. The zero-order valence-corrected chi connectivity index (χ0v) is 15.9. The van der Waals surface area contributed by atoms with Crippen molar-refractivity contribution in [1.29, 1.82) is 0 Å². The van der Waals surface area contributed by atoms with Crippen LogP contribution < -0.4 is 5.32 Å². The van der Waals surface area contributed by atoms with E-state index in [9.17, 15) is 0 Å². The number of aromatic nitrogens is 4. The molecule has 2 aromatic heterocycles. The molecule has 3 aromatic carbocycles. The zero-order valence-electron chi connectivity index (χ0n) is 15.9. The molecule has 0 aliphatic heterocycles. The minimum Gasteiger partial charge on any atom is -0.356 e. The predicted octanol–water partition coefficient (Wildman–Crippen LogP) is 5.74. The lowest BCUT2D eigenvalue weighted by Crippen LogP contribution is -1.92. The van der Waals surface area contributed by atoms with Crippen LogP contribution >= 0.6 is 0 Å². The van der Waals surface area contributed by atoms with Crippen LogP contribution in [0, 0.1) is 6.92 Å². The number of rotatable bonds is 4. The molecular formula is C24H19N5. The van der Waals surface area contributed by atoms with Crippen molar-refractivity contribution in [3.05, 3.63) is 90.6 Å². The van der Waals surface area contributed by atoms with Gasteiger partial charge in [-0.2, -0.15) is 10.2 Å². The first-order valence-electron chi connectivity index (χ1n) is 9.47. The van der Waals surface area contributed by atoms with E-state index >= 15 is 0 Å². The number of nitrogens with zero attached hydrogens (tertiary/aromatic N) is 3. The molecule has 140 valence electrons. The number of hydrogen-bond donors (Lipinski definition) is 2. The Kier molecular flexibility index (Phi) is 4.26. The Morgan fingerprint density at radius 3 is 2.45 bits per heavy atom. The van der Waals surface area contributed by atoms with E-state index in [1.54, 1.807) is 6.20 Å². The highest BCUT2D eigenvalue weighted by atomic mass is 15.1. The molecule has 0 aliphatic rings. The van der Waals surface area contributed by atoms with Crippen molar-refractivity contribution in [2.75, 3.05) is 5.32 Å². The van der Waals surface area contributed by atoms with Crippen LogP contribution in [0.1, 0.15) is 5.56 Å². The highest BCUT2D eigenvalue weighted by Gasteiger charge is 2.08. The van der Waals surface area contributed by atoms with Crippen molar-refractivity contribution in [2.24, 2.45) is 0 Å². The summed E-state index contributed by atoms with van der Waals surface area (Å²) in [7, 11) is 0. The van der Waals surface area contributed by atoms with Gasteiger partial charge in [0, 0.05) is 28.7 Å². The molecule has 5 rings (SSSR count). The molecule has 0 amide bonds. The average Bonchev–Trinajstić information content (AvgIpc) is 3.21. The number of para-hydroxylation sites is 1. The van der Waals surface area contributed by atoms with Gasteiger partial charge in [-0.15, -0.1) is 0 Å². The molecule has 0 aliphatic carbocycles. The van der Waals surface area contributed by atoms with Crippen LogP contribution in [0.3, 0.4) is 0 Å². The monoisotopic (exact) mass is 377 g/mol. The van der Waals surface area contributed by atoms with E-state index in [0.717, 1.165) is 45.1 Å². The number of benzene rings is 3. The Bertz CT molecular complexity index is 1270. The predicted molar refractivity (Wildman–Crippen MR) is 117 cm³/mol. The van der Waals surface area contributed by atoms with Crippen molar-refractivity contribution >= 4 is 22.4 Å². The standard InChI is InChI=1S/C24H19N5/c1-16-5-2-8-22-23(16)28-24(27-22)18-6-3-7-20(15-18)26-19-12-10-17(11-13-19)21-9-4-14-25-29-21/h2-15,26H,1H3,(H,27,28). The van der Waals surface area contributed by atoms with Crippen LogP contribution in [-0.2, 0) is 0 Å². The maximum atomic E-state index is 4.74. The summed E-state index contributed by atoms with van der Waals surface area (Å²) in [4.78, 5) is 8.19. The first-order chi connectivity index (χ1) is 14.3.